The fourth-order valence-corrected chi connectivity index (χ4v) is 1.03. The van der Waals surface area contributed by atoms with Gasteiger partial charge in [-0.15, -0.1) is 12.4 Å². The molecule has 0 aromatic heterocycles. The Morgan fingerprint density at radius 3 is 0.708 bits per heavy atom. The third kappa shape index (κ3) is 28.5. The predicted molar refractivity (Wildman–Crippen MR) is 99.2 cm³/mol. The number of halogens is 1. The molecular weight excluding hydrogens is 382 g/mol. The molecule has 0 N–H and O–H groups in total. The van der Waals surface area contributed by atoms with E-state index in [2.05, 4.69) is 18.2 Å². The van der Waals surface area contributed by atoms with Crippen molar-refractivity contribution in [2.75, 3.05) is 0 Å². The van der Waals surface area contributed by atoms with Gasteiger partial charge in [0.2, 0.25) is 0 Å². The SMILES string of the molecule is Cl.O=[PH]=O.[CH3-].[Mn].[c-]1ccccc1.[c-]1ccccc1.[c-]1ccccc1. The van der Waals surface area contributed by atoms with Gasteiger partial charge in [-0.3, -0.25) is 0 Å². The molecule has 0 amide bonds. The van der Waals surface area contributed by atoms with E-state index in [-0.39, 0.29) is 36.9 Å². The van der Waals surface area contributed by atoms with Crippen LogP contribution in [0.2, 0.25) is 0 Å². The summed E-state index contributed by atoms with van der Waals surface area (Å²) >= 11 is 0. The van der Waals surface area contributed by atoms with Crippen molar-refractivity contribution in [3.63, 3.8) is 0 Å². The van der Waals surface area contributed by atoms with Gasteiger partial charge in [-0.25, -0.2) is 9.13 Å². The number of hydrogen-bond donors (Lipinski definition) is 0. The minimum absolute atomic E-state index is 0. The topological polar surface area (TPSA) is 34.1 Å². The van der Waals surface area contributed by atoms with Crippen molar-refractivity contribution in [2.24, 2.45) is 0 Å². The largest absolute Gasteiger partial charge is 0.358 e. The molecule has 0 bridgehead atoms. The molecule has 3 aromatic rings. The molecule has 0 fully saturated rings. The average Bonchev–Trinajstić information content (AvgIpc) is 2.61. The van der Waals surface area contributed by atoms with E-state index in [4.69, 9.17) is 9.13 Å². The second-order valence-electron chi connectivity index (χ2n) is 3.32. The number of benzene rings is 3. The van der Waals surface area contributed by atoms with Crippen LogP contribution < -0.4 is 0 Å². The van der Waals surface area contributed by atoms with Crippen LogP contribution in [-0.2, 0) is 26.2 Å². The Labute approximate surface area is 163 Å². The summed E-state index contributed by atoms with van der Waals surface area (Å²) in [6.07, 6.45) is 0. The summed E-state index contributed by atoms with van der Waals surface area (Å²) in [7, 11) is -1.42. The molecule has 0 atom stereocenters. The van der Waals surface area contributed by atoms with Crippen molar-refractivity contribution < 1.29 is 26.2 Å². The fraction of sp³-hybridized carbons (Fsp3) is 0. The Morgan fingerprint density at radius 1 is 0.500 bits per heavy atom. The van der Waals surface area contributed by atoms with Crippen LogP contribution in [0.4, 0.5) is 0 Å². The van der Waals surface area contributed by atoms with Crippen molar-refractivity contribution in [1.29, 1.82) is 0 Å². The normalized spacial score (nSPS) is 6.50. The zero-order valence-electron chi connectivity index (χ0n) is 13.3. The van der Waals surface area contributed by atoms with Gasteiger partial charge in [0.05, 0.1) is 0 Å². The van der Waals surface area contributed by atoms with E-state index in [1.165, 1.54) is 0 Å². The average molecular weight is 402 g/mol. The third-order valence-electron chi connectivity index (χ3n) is 1.82. The quantitative estimate of drug-likeness (QED) is 0.276. The minimum Gasteiger partial charge on any atom is -0.358 e. The first-order valence-electron chi connectivity index (χ1n) is 6.14. The van der Waals surface area contributed by atoms with Gasteiger partial charge < -0.3 is 7.43 Å². The van der Waals surface area contributed by atoms with Crippen molar-refractivity contribution in [3.05, 3.63) is 117 Å². The second kappa shape index (κ2) is 29.4. The Bertz CT molecular complexity index is 393. The van der Waals surface area contributed by atoms with Crippen molar-refractivity contribution >= 4 is 20.7 Å². The maximum atomic E-state index is 8.40. The van der Waals surface area contributed by atoms with Crippen LogP contribution in [0.3, 0.4) is 0 Å². The zero-order chi connectivity index (χ0) is 15.4. The second-order valence-corrected chi connectivity index (χ2v) is 3.48. The standard InChI is InChI=1S/3C6H5.CH3.ClH.Mn.HO2P/c3*1-2-4-6-5-3-1;;;;1-3-2/h3*1-5H;1H3;1H;;3H/q4*-1;;;. The van der Waals surface area contributed by atoms with E-state index < -0.39 is 8.34 Å². The molecule has 0 spiro atoms. The minimum atomic E-state index is -1.42. The van der Waals surface area contributed by atoms with Crippen LogP contribution in [0.5, 0.6) is 0 Å². The van der Waals surface area contributed by atoms with Gasteiger partial charge >= 0.3 is 8.34 Å². The maximum Gasteiger partial charge on any atom is 0.303 e. The van der Waals surface area contributed by atoms with E-state index in [9.17, 15) is 0 Å². The molecule has 0 aliphatic heterocycles. The van der Waals surface area contributed by atoms with Crippen LogP contribution in [-0.4, -0.2) is 0 Å². The first kappa shape index (κ1) is 30.3. The fourth-order valence-electron chi connectivity index (χ4n) is 1.03. The van der Waals surface area contributed by atoms with Crippen molar-refractivity contribution in [1.82, 2.24) is 0 Å². The van der Waals surface area contributed by atoms with Gasteiger partial charge in [0.25, 0.3) is 0 Å². The van der Waals surface area contributed by atoms with Gasteiger partial charge in [0, 0.05) is 17.1 Å². The molecular formula is C19H20ClMnO2P-4. The molecule has 1 radical (unpaired) electrons. The van der Waals surface area contributed by atoms with Gasteiger partial charge in [-0.2, -0.15) is 109 Å². The Balaban J connectivity index is -0.000000110. The van der Waals surface area contributed by atoms with E-state index in [1.54, 1.807) is 0 Å². The zero-order valence-corrected chi connectivity index (χ0v) is 16.3. The molecule has 0 heterocycles. The molecule has 0 saturated carbocycles. The third-order valence-corrected chi connectivity index (χ3v) is 1.82. The Hall–Kier alpha value is -1.63. The smallest absolute Gasteiger partial charge is 0.303 e. The number of rotatable bonds is 0. The van der Waals surface area contributed by atoms with E-state index >= 15 is 0 Å². The van der Waals surface area contributed by atoms with Crippen LogP contribution in [0.1, 0.15) is 0 Å². The molecule has 2 nitrogen and oxygen atoms in total. The molecule has 5 heteroatoms. The summed E-state index contributed by atoms with van der Waals surface area (Å²) in [5, 5.41) is 0. The van der Waals surface area contributed by atoms with E-state index in [1.807, 2.05) is 91.0 Å². The molecule has 0 unspecified atom stereocenters. The van der Waals surface area contributed by atoms with E-state index in [0.717, 1.165) is 0 Å². The first-order valence-corrected chi connectivity index (χ1v) is 6.96. The van der Waals surface area contributed by atoms with Crippen LogP contribution in [0.25, 0.3) is 0 Å². The van der Waals surface area contributed by atoms with Crippen molar-refractivity contribution in [2.45, 2.75) is 0 Å². The summed E-state index contributed by atoms with van der Waals surface area (Å²) in [6.45, 7) is 0. The molecule has 24 heavy (non-hydrogen) atoms. The van der Waals surface area contributed by atoms with Gasteiger partial charge in [0.1, 0.15) is 0 Å². The molecule has 3 aromatic carbocycles. The summed E-state index contributed by atoms with van der Waals surface area (Å²) < 4.78 is 16.8. The molecule has 0 aliphatic carbocycles. The van der Waals surface area contributed by atoms with Crippen LogP contribution in [0, 0.1) is 25.6 Å². The molecule has 0 aliphatic rings. The van der Waals surface area contributed by atoms with Crippen LogP contribution in [0.15, 0.2) is 91.0 Å². The maximum absolute atomic E-state index is 8.40. The summed E-state index contributed by atoms with van der Waals surface area (Å²) in [5.74, 6) is 0. The Kier molecular flexibility index (Phi) is 37.1. The molecule has 3 rings (SSSR count). The first-order chi connectivity index (χ1) is 10.4. The Morgan fingerprint density at radius 2 is 0.667 bits per heavy atom. The van der Waals surface area contributed by atoms with Gasteiger partial charge in [0.15, 0.2) is 0 Å². The van der Waals surface area contributed by atoms with E-state index in [0.29, 0.717) is 0 Å². The summed E-state index contributed by atoms with van der Waals surface area (Å²) in [6, 6.07) is 37.5. The molecule has 0 saturated heterocycles. The summed E-state index contributed by atoms with van der Waals surface area (Å²) in [5.41, 5.74) is 0. The predicted octanol–water partition coefficient (Wildman–Crippen LogP) is 5.69. The van der Waals surface area contributed by atoms with Crippen molar-refractivity contribution in [3.8, 4) is 0 Å². The number of hydrogen-bond acceptors (Lipinski definition) is 2. The summed E-state index contributed by atoms with van der Waals surface area (Å²) in [4.78, 5) is 0. The van der Waals surface area contributed by atoms with Crippen LogP contribution >= 0.6 is 20.7 Å². The van der Waals surface area contributed by atoms with Gasteiger partial charge in [-0.1, -0.05) is 0 Å². The van der Waals surface area contributed by atoms with Gasteiger partial charge in [-0.05, 0) is 0 Å². The molecule has 131 valence electrons. The monoisotopic (exact) mass is 401 g/mol.